The van der Waals surface area contributed by atoms with Crippen molar-refractivity contribution in [2.45, 2.75) is 6.92 Å². The summed E-state index contributed by atoms with van der Waals surface area (Å²) in [5, 5.41) is 8.78. The van der Waals surface area contributed by atoms with Crippen LogP contribution in [0.25, 0.3) is 11.3 Å². The summed E-state index contributed by atoms with van der Waals surface area (Å²) in [4.78, 5) is 11.6. The van der Waals surface area contributed by atoms with Crippen LogP contribution >= 0.6 is 11.6 Å². The SMILES string of the molecule is CCOC(=O)c1n[nH]nc1-c1ccc(F)c(Cl)c1F. The number of esters is 1. The van der Waals surface area contributed by atoms with E-state index in [2.05, 4.69) is 15.4 Å². The average Bonchev–Trinajstić information content (AvgIpc) is 2.85. The summed E-state index contributed by atoms with van der Waals surface area (Å²) in [6.45, 7) is 1.75. The molecule has 0 saturated carbocycles. The third-order valence-corrected chi connectivity index (χ3v) is 2.65. The lowest BCUT2D eigenvalue weighted by atomic mass is 10.1. The Morgan fingerprint density at radius 1 is 1.42 bits per heavy atom. The molecule has 0 amide bonds. The fourth-order valence-electron chi connectivity index (χ4n) is 1.47. The number of carbonyl (C=O) groups is 1. The van der Waals surface area contributed by atoms with Gasteiger partial charge in [-0.2, -0.15) is 10.3 Å². The van der Waals surface area contributed by atoms with Gasteiger partial charge >= 0.3 is 5.97 Å². The van der Waals surface area contributed by atoms with Gasteiger partial charge in [-0.15, -0.1) is 5.10 Å². The summed E-state index contributed by atoms with van der Waals surface area (Å²) in [5.74, 6) is -2.67. The van der Waals surface area contributed by atoms with Crippen LogP contribution in [0.4, 0.5) is 8.78 Å². The molecule has 0 aliphatic rings. The number of H-pyrrole nitrogens is 1. The maximum absolute atomic E-state index is 13.8. The Morgan fingerprint density at radius 2 is 2.16 bits per heavy atom. The number of hydrogen-bond acceptors (Lipinski definition) is 4. The molecule has 1 N–H and O–H groups in total. The summed E-state index contributed by atoms with van der Waals surface area (Å²) >= 11 is 5.47. The zero-order valence-corrected chi connectivity index (χ0v) is 10.5. The molecule has 1 aromatic heterocycles. The van der Waals surface area contributed by atoms with E-state index < -0.39 is 22.6 Å². The van der Waals surface area contributed by atoms with E-state index in [0.29, 0.717) is 0 Å². The van der Waals surface area contributed by atoms with Crippen molar-refractivity contribution in [2.24, 2.45) is 0 Å². The van der Waals surface area contributed by atoms with E-state index in [-0.39, 0.29) is 23.6 Å². The largest absolute Gasteiger partial charge is 0.461 e. The number of ether oxygens (including phenoxy) is 1. The summed E-state index contributed by atoms with van der Waals surface area (Å²) in [6, 6.07) is 2.10. The van der Waals surface area contributed by atoms with Gasteiger partial charge in [0.1, 0.15) is 16.5 Å². The number of nitrogens with zero attached hydrogens (tertiary/aromatic N) is 2. The van der Waals surface area contributed by atoms with Gasteiger partial charge in [-0.3, -0.25) is 0 Å². The summed E-state index contributed by atoms with van der Waals surface area (Å²) in [6.07, 6.45) is 0. The first-order chi connectivity index (χ1) is 9.06. The first-order valence-corrected chi connectivity index (χ1v) is 5.65. The van der Waals surface area contributed by atoms with Crippen LogP contribution < -0.4 is 0 Å². The third-order valence-electron chi connectivity index (χ3n) is 2.31. The number of nitrogens with one attached hydrogen (secondary N) is 1. The van der Waals surface area contributed by atoms with Crippen LogP contribution in [0.15, 0.2) is 12.1 Å². The summed E-state index contributed by atoms with van der Waals surface area (Å²) in [5.41, 5.74) is -0.413. The smallest absolute Gasteiger partial charge is 0.361 e. The molecular weight excluding hydrogens is 280 g/mol. The van der Waals surface area contributed by atoms with Gasteiger partial charge in [-0.25, -0.2) is 13.6 Å². The highest BCUT2D eigenvalue weighted by Crippen LogP contribution is 2.29. The maximum Gasteiger partial charge on any atom is 0.361 e. The summed E-state index contributed by atoms with van der Waals surface area (Å²) < 4.78 is 31.7. The molecule has 8 heteroatoms. The van der Waals surface area contributed by atoms with Gasteiger partial charge in [-0.05, 0) is 19.1 Å². The van der Waals surface area contributed by atoms with Crippen LogP contribution in [0.5, 0.6) is 0 Å². The van der Waals surface area contributed by atoms with Crippen molar-refractivity contribution in [1.29, 1.82) is 0 Å². The number of aromatic amines is 1. The maximum atomic E-state index is 13.8. The molecule has 0 bridgehead atoms. The van der Waals surface area contributed by atoms with E-state index in [9.17, 15) is 13.6 Å². The number of hydrogen-bond donors (Lipinski definition) is 1. The molecule has 0 atom stereocenters. The third kappa shape index (κ3) is 2.41. The van der Waals surface area contributed by atoms with Crippen LogP contribution in [0.3, 0.4) is 0 Å². The van der Waals surface area contributed by atoms with Gasteiger partial charge in [0, 0.05) is 5.56 Å². The van der Waals surface area contributed by atoms with Gasteiger partial charge < -0.3 is 4.74 Å². The van der Waals surface area contributed by atoms with Crippen LogP contribution in [0.2, 0.25) is 5.02 Å². The lowest BCUT2D eigenvalue weighted by Crippen LogP contribution is -2.07. The average molecular weight is 288 g/mol. The Kier molecular flexibility index (Phi) is 3.75. The van der Waals surface area contributed by atoms with Crippen molar-refractivity contribution in [3.63, 3.8) is 0 Å². The fourth-order valence-corrected chi connectivity index (χ4v) is 1.63. The zero-order chi connectivity index (χ0) is 14.0. The minimum Gasteiger partial charge on any atom is -0.461 e. The van der Waals surface area contributed by atoms with E-state index in [1.165, 1.54) is 0 Å². The molecule has 0 saturated heterocycles. The van der Waals surface area contributed by atoms with Crippen molar-refractivity contribution in [1.82, 2.24) is 15.4 Å². The molecule has 19 heavy (non-hydrogen) atoms. The van der Waals surface area contributed by atoms with E-state index in [1.54, 1.807) is 6.92 Å². The van der Waals surface area contributed by atoms with Crippen molar-refractivity contribution >= 4 is 17.6 Å². The second-order valence-corrected chi connectivity index (χ2v) is 3.84. The van der Waals surface area contributed by atoms with E-state index in [1.807, 2.05) is 0 Å². The molecule has 0 aliphatic heterocycles. The molecule has 1 aromatic carbocycles. The molecular formula is C11H8ClF2N3O2. The molecule has 0 fully saturated rings. The predicted octanol–water partition coefficient (Wildman–Crippen LogP) is 2.58. The Balaban J connectivity index is 2.52. The molecule has 0 aliphatic carbocycles. The highest BCUT2D eigenvalue weighted by Gasteiger charge is 2.23. The van der Waals surface area contributed by atoms with Crippen molar-refractivity contribution in [3.05, 3.63) is 34.5 Å². The number of aromatic nitrogens is 3. The molecule has 0 radical (unpaired) electrons. The monoisotopic (exact) mass is 287 g/mol. The lowest BCUT2D eigenvalue weighted by molar-refractivity contribution is 0.0520. The number of rotatable bonds is 3. The molecule has 0 unspecified atom stereocenters. The van der Waals surface area contributed by atoms with Gasteiger partial charge in [0.2, 0.25) is 0 Å². The second kappa shape index (κ2) is 5.31. The Bertz CT molecular complexity index is 630. The Hall–Kier alpha value is -2.02. The summed E-state index contributed by atoms with van der Waals surface area (Å²) in [7, 11) is 0. The van der Waals surface area contributed by atoms with Crippen LogP contribution in [-0.2, 0) is 4.74 Å². The zero-order valence-electron chi connectivity index (χ0n) is 9.71. The first kappa shape index (κ1) is 13.4. The molecule has 2 rings (SSSR count). The standard InChI is InChI=1S/C11H8ClF2N3O2/c1-2-19-11(18)10-9(15-17-16-10)5-3-4-6(13)7(12)8(5)14/h3-4H,2H2,1H3,(H,15,16,17). The minimum atomic E-state index is -1.01. The van der Waals surface area contributed by atoms with Gasteiger partial charge in [0.15, 0.2) is 11.5 Å². The minimum absolute atomic E-state index is 0.0853. The number of halogens is 3. The highest BCUT2D eigenvalue weighted by atomic mass is 35.5. The quantitative estimate of drug-likeness (QED) is 0.696. The molecule has 100 valence electrons. The number of carbonyl (C=O) groups excluding carboxylic acids is 1. The van der Waals surface area contributed by atoms with Gasteiger partial charge in [0.05, 0.1) is 6.61 Å². The van der Waals surface area contributed by atoms with Crippen molar-refractivity contribution < 1.29 is 18.3 Å². The molecule has 5 nitrogen and oxygen atoms in total. The van der Waals surface area contributed by atoms with Gasteiger partial charge in [0.25, 0.3) is 0 Å². The fraction of sp³-hybridized carbons (Fsp3) is 0.182. The van der Waals surface area contributed by atoms with E-state index >= 15 is 0 Å². The van der Waals surface area contributed by atoms with Crippen LogP contribution in [-0.4, -0.2) is 28.0 Å². The van der Waals surface area contributed by atoms with Crippen molar-refractivity contribution in [2.75, 3.05) is 6.61 Å². The Morgan fingerprint density at radius 3 is 2.84 bits per heavy atom. The molecule has 0 spiro atoms. The van der Waals surface area contributed by atoms with Crippen molar-refractivity contribution in [3.8, 4) is 11.3 Å². The molecule has 1 heterocycles. The predicted molar refractivity (Wildman–Crippen MR) is 62.7 cm³/mol. The van der Waals surface area contributed by atoms with E-state index in [4.69, 9.17) is 16.3 Å². The topological polar surface area (TPSA) is 67.9 Å². The molecule has 2 aromatic rings. The highest BCUT2D eigenvalue weighted by molar-refractivity contribution is 6.31. The Labute approximate surface area is 111 Å². The lowest BCUT2D eigenvalue weighted by Gasteiger charge is -2.04. The number of benzene rings is 1. The van der Waals surface area contributed by atoms with Crippen LogP contribution in [0, 0.1) is 11.6 Å². The van der Waals surface area contributed by atoms with Gasteiger partial charge in [-0.1, -0.05) is 11.6 Å². The van der Waals surface area contributed by atoms with E-state index in [0.717, 1.165) is 12.1 Å². The second-order valence-electron chi connectivity index (χ2n) is 3.46. The normalized spacial score (nSPS) is 10.5. The first-order valence-electron chi connectivity index (χ1n) is 5.28. The van der Waals surface area contributed by atoms with Crippen LogP contribution in [0.1, 0.15) is 17.4 Å².